The lowest BCUT2D eigenvalue weighted by Crippen LogP contribution is -2.43. The predicted octanol–water partition coefficient (Wildman–Crippen LogP) is 3.74. The molecule has 1 N–H and O–H groups in total. The topological polar surface area (TPSA) is 75.5 Å². The normalized spacial score (nSPS) is 18.3. The summed E-state index contributed by atoms with van der Waals surface area (Å²) >= 11 is 3.39. The van der Waals surface area contributed by atoms with E-state index < -0.39 is 5.41 Å². The van der Waals surface area contributed by atoms with Crippen molar-refractivity contribution in [1.82, 2.24) is 5.32 Å². The van der Waals surface area contributed by atoms with Gasteiger partial charge in [0, 0.05) is 35.6 Å². The highest BCUT2D eigenvalue weighted by molar-refractivity contribution is 9.10. The molecule has 1 amide bonds. The molecule has 1 aromatic rings. The van der Waals surface area contributed by atoms with Gasteiger partial charge in [-0.25, -0.2) is 0 Å². The number of anilines is 1. The second-order valence-corrected chi connectivity index (χ2v) is 8.22. The van der Waals surface area contributed by atoms with Crippen molar-refractivity contribution < 1.29 is 9.72 Å². The molecule has 0 aromatic heterocycles. The van der Waals surface area contributed by atoms with Gasteiger partial charge in [-0.05, 0) is 30.9 Å². The molecule has 0 bridgehead atoms. The molecule has 1 aromatic carbocycles. The van der Waals surface area contributed by atoms with E-state index in [9.17, 15) is 14.9 Å². The van der Waals surface area contributed by atoms with Gasteiger partial charge in [-0.3, -0.25) is 14.9 Å². The van der Waals surface area contributed by atoms with Crippen LogP contribution < -0.4 is 10.2 Å². The Morgan fingerprint density at radius 1 is 1.46 bits per heavy atom. The van der Waals surface area contributed by atoms with Crippen molar-refractivity contribution >= 4 is 33.2 Å². The molecule has 1 atom stereocenters. The summed E-state index contributed by atoms with van der Waals surface area (Å²) in [4.78, 5) is 25.0. The summed E-state index contributed by atoms with van der Waals surface area (Å²) in [5, 5.41) is 14.3. The first kappa shape index (κ1) is 18.7. The van der Waals surface area contributed by atoms with Crippen LogP contribution in [0.4, 0.5) is 11.4 Å². The van der Waals surface area contributed by atoms with Gasteiger partial charge < -0.3 is 10.2 Å². The minimum atomic E-state index is -0.405. The lowest BCUT2D eigenvalue weighted by atomic mass is 9.93. The zero-order chi connectivity index (χ0) is 17.9. The molecule has 0 aliphatic carbocycles. The highest BCUT2D eigenvalue weighted by atomic mass is 79.9. The summed E-state index contributed by atoms with van der Waals surface area (Å²) in [5.41, 5.74) is 0.357. The molecule has 0 radical (unpaired) electrons. The molecule has 0 saturated carbocycles. The molecule has 1 fully saturated rings. The number of hydrogen-bond donors (Lipinski definition) is 1. The zero-order valence-corrected chi connectivity index (χ0v) is 15.9. The Balaban J connectivity index is 2.07. The fourth-order valence-corrected chi connectivity index (χ4v) is 3.21. The summed E-state index contributed by atoms with van der Waals surface area (Å²) in [6, 6.07) is 5.02. The number of amides is 1. The van der Waals surface area contributed by atoms with Crippen molar-refractivity contribution in [3.8, 4) is 0 Å². The predicted molar refractivity (Wildman–Crippen MR) is 98.2 cm³/mol. The van der Waals surface area contributed by atoms with E-state index in [2.05, 4.69) is 26.1 Å². The van der Waals surface area contributed by atoms with Crippen LogP contribution in [0.15, 0.2) is 22.7 Å². The van der Waals surface area contributed by atoms with Crippen molar-refractivity contribution in [3.05, 3.63) is 32.8 Å². The number of nitro groups is 1. The molecule has 1 unspecified atom stereocenters. The maximum atomic E-state index is 12.0. The Hall–Kier alpha value is -1.63. The average Bonchev–Trinajstić information content (AvgIpc) is 2.51. The first-order chi connectivity index (χ1) is 11.2. The second-order valence-electron chi connectivity index (χ2n) is 7.30. The summed E-state index contributed by atoms with van der Waals surface area (Å²) in [7, 11) is 0. The van der Waals surface area contributed by atoms with Crippen LogP contribution in [0.3, 0.4) is 0 Å². The van der Waals surface area contributed by atoms with E-state index in [0.29, 0.717) is 24.7 Å². The number of carbonyl (C=O) groups is 1. The number of hydrogen-bond acceptors (Lipinski definition) is 4. The summed E-state index contributed by atoms with van der Waals surface area (Å²) in [5.74, 6) is 0.330. The molecule has 1 heterocycles. The summed E-state index contributed by atoms with van der Waals surface area (Å²) in [6.07, 6.45) is 1.97. The Morgan fingerprint density at radius 2 is 2.17 bits per heavy atom. The number of nitrogens with zero attached hydrogens (tertiary/aromatic N) is 2. The third kappa shape index (κ3) is 4.69. The first-order valence-electron chi connectivity index (χ1n) is 8.15. The van der Waals surface area contributed by atoms with Gasteiger partial charge in [0.2, 0.25) is 5.91 Å². The van der Waals surface area contributed by atoms with Crippen molar-refractivity contribution in [3.63, 3.8) is 0 Å². The Morgan fingerprint density at radius 3 is 2.79 bits per heavy atom. The summed E-state index contributed by atoms with van der Waals surface area (Å²) < 4.78 is 0.825. The van der Waals surface area contributed by atoms with Gasteiger partial charge in [-0.2, -0.15) is 0 Å². The largest absolute Gasteiger partial charge is 0.366 e. The van der Waals surface area contributed by atoms with Gasteiger partial charge in [0.25, 0.3) is 5.69 Å². The quantitative estimate of drug-likeness (QED) is 0.620. The number of rotatable bonds is 4. The molecule has 1 saturated heterocycles. The number of benzene rings is 1. The minimum absolute atomic E-state index is 0.0352. The van der Waals surface area contributed by atoms with Crippen LogP contribution in [0.2, 0.25) is 0 Å². The smallest absolute Gasteiger partial charge is 0.292 e. The Labute approximate surface area is 150 Å². The van der Waals surface area contributed by atoms with Gasteiger partial charge in [-0.1, -0.05) is 36.7 Å². The highest BCUT2D eigenvalue weighted by Crippen LogP contribution is 2.33. The van der Waals surface area contributed by atoms with Crippen molar-refractivity contribution in [2.75, 3.05) is 24.5 Å². The van der Waals surface area contributed by atoms with Gasteiger partial charge in [-0.15, -0.1) is 0 Å². The van der Waals surface area contributed by atoms with Crippen molar-refractivity contribution in [2.45, 2.75) is 33.6 Å². The van der Waals surface area contributed by atoms with Crippen molar-refractivity contribution in [2.24, 2.45) is 11.3 Å². The summed E-state index contributed by atoms with van der Waals surface area (Å²) in [6.45, 7) is 7.78. The highest BCUT2D eigenvalue weighted by Gasteiger charge is 2.27. The number of nitrogens with one attached hydrogen (secondary N) is 1. The number of piperidine rings is 1. The van der Waals surface area contributed by atoms with E-state index in [-0.39, 0.29) is 16.5 Å². The van der Waals surface area contributed by atoms with Gasteiger partial charge in [0.1, 0.15) is 5.69 Å². The van der Waals surface area contributed by atoms with Crippen LogP contribution in [0.25, 0.3) is 0 Å². The van der Waals surface area contributed by atoms with E-state index >= 15 is 0 Å². The zero-order valence-electron chi connectivity index (χ0n) is 14.3. The average molecular weight is 398 g/mol. The maximum absolute atomic E-state index is 12.0. The molecular formula is C17H24BrN3O3. The number of halogens is 1. The Bertz CT molecular complexity index is 628. The lowest BCUT2D eigenvalue weighted by Gasteiger charge is -2.34. The molecule has 2 rings (SSSR count). The molecule has 0 spiro atoms. The van der Waals surface area contributed by atoms with Crippen LogP contribution in [-0.2, 0) is 4.79 Å². The SMILES string of the molecule is CC(C)(C)C(=O)NCC1CCCN(c2cc(Br)ccc2[N+](=O)[O-])C1. The van der Waals surface area contributed by atoms with E-state index in [1.54, 1.807) is 12.1 Å². The maximum Gasteiger partial charge on any atom is 0.292 e. The van der Waals surface area contributed by atoms with Crippen LogP contribution in [0, 0.1) is 21.4 Å². The minimum Gasteiger partial charge on any atom is -0.366 e. The molecule has 1 aliphatic heterocycles. The van der Waals surface area contributed by atoms with E-state index in [1.807, 2.05) is 20.8 Å². The number of carbonyl (C=O) groups excluding carboxylic acids is 1. The molecule has 1 aliphatic rings. The van der Waals surface area contributed by atoms with Crippen molar-refractivity contribution in [1.29, 1.82) is 0 Å². The molecular weight excluding hydrogens is 374 g/mol. The molecule has 132 valence electrons. The van der Waals surface area contributed by atoms with Gasteiger partial charge in [0.15, 0.2) is 0 Å². The third-order valence-corrected chi connectivity index (χ3v) is 4.72. The third-order valence-electron chi connectivity index (χ3n) is 4.23. The lowest BCUT2D eigenvalue weighted by molar-refractivity contribution is -0.384. The van der Waals surface area contributed by atoms with E-state index in [4.69, 9.17) is 0 Å². The molecule has 7 heteroatoms. The standard InChI is InChI=1S/C17H24BrN3O3/c1-17(2,3)16(22)19-10-12-5-4-8-20(11-12)15-9-13(18)6-7-14(15)21(23)24/h6-7,9,12H,4-5,8,10-11H2,1-3H3,(H,19,22). The van der Waals surface area contributed by atoms with E-state index in [1.165, 1.54) is 6.07 Å². The van der Waals surface area contributed by atoms with Crippen LogP contribution >= 0.6 is 15.9 Å². The van der Waals surface area contributed by atoms with Crippen LogP contribution in [0.1, 0.15) is 33.6 Å². The van der Waals surface area contributed by atoms with Crippen LogP contribution in [-0.4, -0.2) is 30.5 Å². The molecule has 6 nitrogen and oxygen atoms in total. The Kier molecular flexibility index (Phi) is 5.85. The van der Waals surface area contributed by atoms with Gasteiger partial charge in [0.05, 0.1) is 4.92 Å². The monoisotopic (exact) mass is 397 g/mol. The fraction of sp³-hybridized carbons (Fsp3) is 0.588. The fourth-order valence-electron chi connectivity index (χ4n) is 2.86. The first-order valence-corrected chi connectivity index (χ1v) is 8.95. The van der Waals surface area contributed by atoms with Gasteiger partial charge >= 0.3 is 0 Å². The second kappa shape index (κ2) is 7.51. The number of nitro benzene ring substituents is 1. The van der Waals surface area contributed by atoms with Crippen LogP contribution in [0.5, 0.6) is 0 Å². The van der Waals surface area contributed by atoms with E-state index in [0.717, 1.165) is 23.9 Å². The molecule has 24 heavy (non-hydrogen) atoms.